The second kappa shape index (κ2) is 7.82. The molecule has 0 amide bonds. The maximum absolute atomic E-state index is 7.35. The van der Waals surface area contributed by atoms with Crippen LogP contribution in [0.1, 0.15) is 0 Å². The molecule has 0 aliphatic rings. The Morgan fingerprint density at radius 1 is 0.583 bits per heavy atom. The first-order chi connectivity index (χ1) is 10.9. The Hall–Kier alpha value is 0.177. The third kappa shape index (κ3) is 3.39. The molecule has 0 nitrogen and oxygen atoms in total. The predicted molar refractivity (Wildman–Crippen MR) is 111 cm³/mol. The molecule has 0 spiro atoms. The van der Waals surface area contributed by atoms with Crippen molar-refractivity contribution in [2.45, 2.75) is 0 Å². The van der Waals surface area contributed by atoms with E-state index in [-0.39, 0.29) is 23.9 Å². The van der Waals surface area contributed by atoms with Gasteiger partial charge < -0.3 is 0 Å². The molecule has 0 fully saturated rings. The molecule has 0 bridgehead atoms. The first-order valence-electron chi connectivity index (χ1n) is 6.95. The van der Waals surface area contributed by atoms with Crippen LogP contribution in [0.3, 0.4) is 0 Å². The number of benzene rings is 3. The van der Waals surface area contributed by atoms with Gasteiger partial charge in [-0.15, -0.1) is 0 Å². The fourth-order valence-electron chi connectivity index (χ4n) is 2.60. The second-order valence-corrected chi connectivity index (χ2v) is 20.8. The molecule has 0 saturated heterocycles. The van der Waals surface area contributed by atoms with Gasteiger partial charge in [0, 0.05) is 23.9 Å². The normalized spacial score (nSPS) is 12.8. The van der Waals surface area contributed by atoms with Crippen LogP contribution in [0.4, 0.5) is 0 Å². The molecular formula is C18H13AsCl4Sn. The largest absolute Gasteiger partial charge is 0 e. The Balaban J connectivity index is 0.00000208. The van der Waals surface area contributed by atoms with Gasteiger partial charge in [-0.1, -0.05) is 0 Å². The van der Waals surface area contributed by atoms with Gasteiger partial charge in [-0.3, -0.25) is 0 Å². The smallest absolute Gasteiger partial charge is 0 e. The van der Waals surface area contributed by atoms with E-state index in [1.165, 1.54) is 0 Å². The molecule has 24 heavy (non-hydrogen) atoms. The Morgan fingerprint density at radius 2 is 1.04 bits per heavy atom. The minimum Gasteiger partial charge on any atom is 0 e. The van der Waals surface area contributed by atoms with Crippen LogP contribution >= 0.6 is 43.1 Å². The molecule has 0 N–H and O–H groups in total. The van der Waals surface area contributed by atoms with Crippen molar-refractivity contribution in [3.05, 3.63) is 88.9 Å². The molecule has 0 aliphatic carbocycles. The summed E-state index contributed by atoms with van der Waals surface area (Å²) in [6.07, 6.45) is 0. The van der Waals surface area contributed by atoms with Crippen LogP contribution in [-0.4, -0.2) is 34.5 Å². The monoisotopic (exact) mass is 564 g/mol. The number of hydrogen-bond donors (Lipinski definition) is 0. The first-order valence-corrected chi connectivity index (χ1v) is 15.5. The molecule has 3 rings (SSSR count). The van der Waals surface area contributed by atoms with Gasteiger partial charge in [-0.2, -0.15) is 0 Å². The van der Waals surface area contributed by atoms with E-state index in [0.717, 1.165) is 8.70 Å². The summed E-state index contributed by atoms with van der Waals surface area (Å²) in [7, 11) is 10.3. The van der Waals surface area contributed by atoms with Gasteiger partial charge in [-0.05, 0) is 0 Å². The van der Waals surface area contributed by atoms with Crippen molar-refractivity contribution in [3.8, 4) is 0 Å². The third-order valence-electron chi connectivity index (χ3n) is 3.77. The molecule has 122 valence electrons. The summed E-state index contributed by atoms with van der Waals surface area (Å²) in [6, 6.07) is 24.9. The van der Waals surface area contributed by atoms with Crippen LogP contribution in [0, 0.1) is 0 Å². The van der Waals surface area contributed by atoms with Gasteiger partial charge in [-0.25, -0.2) is 0 Å². The first kappa shape index (κ1) is 20.5. The van der Waals surface area contributed by atoms with E-state index >= 15 is 0 Å². The molecule has 0 saturated carbocycles. The van der Waals surface area contributed by atoms with E-state index in [1.807, 2.05) is 72.8 Å². The summed E-state index contributed by atoms with van der Waals surface area (Å²) in [5, 5.41) is 0.863. The van der Waals surface area contributed by atoms with E-state index in [4.69, 9.17) is 43.1 Å². The maximum atomic E-state index is 7.35. The summed E-state index contributed by atoms with van der Waals surface area (Å²) in [5.74, 6) is 0. The molecule has 0 unspecified atom stereocenters. The number of rotatable bonds is 3. The molecular weight excluding hydrogens is 552 g/mol. The van der Waals surface area contributed by atoms with Crippen molar-refractivity contribution in [1.82, 2.24) is 0 Å². The van der Waals surface area contributed by atoms with Gasteiger partial charge in [0.25, 0.3) is 0 Å². The zero-order valence-electron chi connectivity index (χ0n) is 12.5. The van der Waals surface area contributed by atoms with Crippen LogP contribution in [-0.2, 0) is 0 Å². The summed E-state index contributed by atoms with van der Waals surface area (Å²) in [6.45, 7) is 0. The van der Waals surface area contributed by atoms with Crippen LogP contribution in [0.2, 0.25) is 10.0 Å². The quantitative estimate of drug-likeness (QED) is 0.411. The Kier molecular flexibility index (Phi) is 6.68. The van der Waals surface area contributed by atoms with E-state index < -0.39 is 10.6 Å². The van der Waals surface area contributed by atoms with Crippen molar-refractivity contribution in [2.24, 2.45) is 0 Å². The maximum Gasteiger partial charge on any atom is 0 e. The fourth-order valence-corrected chi connectivity index (χ4v) is 14.6. The summed E-state index contributed by atoms with van der Waals surface area (Å²) >= 11 is 12.7. The van der Waals surface area contributed by atoms with Gasteiger partial charge in [0.2, 0.25) is 0 Å². The van der Waals surface area contributed by atoms with Crippen molar-refractivity contribution in [1.29, 1.82) is 0 Å². The Bertz CT molecular complexity index is 795. The Morgan fingerprint density at radius 3 is 1.50 bits per heavy atom. The molecule has 3 aromatic carbocycles. The summed E-state index contributed by atoms with van der Waals surface area (Å²) in [5.41, 5.74) is 0. The average molecular weight is 565 g/mol. The van der Waals surface area contributed by atoms with Gasteiger partial charge in [0.05, 0.1) is 0 Å². The molecule has 0 aliphatic heterocycles. The molecule has 4 radical (unpaired) electrons. The van der Waals surface area contributed by atoms with Crippen molar-refractivity contribution < 1.29 is 0 Å². The topological polar surface area (TPSA) is 0 Å². The minimum atomic E-state index is -4.41. The second-order valence-electron chi connectivity index (χ2n) is 5.15. The van der Waals surface area contributed by atoms with Gasteiger partial charge >= 0.3 is 156 Å². The molecule has 0 atom stereocenters. The van der Waals surface area contributed by atoms with Crippen LogP contribution in [0.15, 0.2) is 78.9 Å². The Labute approximate surface area is 178 Å². The van der Waals surface area contributed by atoms with Crippen LogP contribution in [0.25, 0.3) is 0 Å². The minimum absolute atomic E-state index is 0. The van der Waals surface area contributed by atoms with E-state index in [9.17, 15) is 0 Å². The molecule has 3 aromatic rings. The molecule has 0 aromatic heterocycles. The van der Waals surface area contributed by atoms with Gasteiger partial charge in [0.1, 0.15) is 0 Å². The number of hydrogen-bond acceptors (Lipinski definition) is 0. The van der Waals surface area contributed by atoms with E-state index in [1.54, 1.807) is 6.07 Å². The van der Waals surface area contributed by atoms with E-state index in [0.29, 0.717) is 14.4 Å². The average Bonchev–Trinajstić information content (AvgIpc) is 2.59. The number of halogens is 4. The zero-order chi connectivity index (χ0) is 16.5. The molecule has 0 heterocycles. The fraction of sp³-hybridized carbons (Fsp3) is 0. The standard InChI is InChI=1S/C18H13AsCl4.Sn/c20-17-13-7-12-16(18(17)21)19(22,23,14-8-3-1-4-9-14)15-10-5-2-6-11-15;/h1-13H;. The summed E-state index contributed by atoms with van der Waals surface area (Å²) in [4.78, 5) is 0. The van der Waals surface area contributed by atoms with Crippen molar-refractivity contribution >= 4 is 90.6 Å². The van der Waals surface area contributed by atoms with Crippen molar-refractivity contribution in [2.75, 3.05) is 0 Å². The molecule has 6 heteroatoms. The summed E-state index contributed by atoms with van der Waals surface area (Å²) < 4.78 is 2.47. The zero-order valence-corrected chi connectivity index (χ0v) is 20.2. The predicted octanol–water partition coefficient (Wildman–Crippen LogP) is 4.51. The van der Waals surface area contributed by atoms with Crippen LogP contribution in [0.5, 0.6) is 0 Å². The third-order valence-corrected chi connectivity index (χ3v) is 18.4. The van der Waals surface area contributed by atoms with E-state index in [2.05, 4.69) is 0 Å². The van der Waals surface area contributed by atoms with Crippen LogP contribution < -0.4 is 13.1 Å². The van der Waals surface area contributed by atoms with Crippen molar-refractivity contribution in [3.63, 3.8) is 0 Å². The van der Waals surface area contributed by atoms with Gasteiger partial charge in [0.15, 0.2) is 0 Å². The SMILES string of the molecule is Clc1cccc([As](Cl)(Cl)(c2ccccc2)c2ccccc2)c1Cl.[Sn].